The molecule has 1 aromatic heterocycles. The first kappa shape index (κ1) is 16.5. The van der Waals surface area contributed by atoms with Gasteiger partial charge in [-0.2, -0.15) is 13.2 Å². The molecule has 1 atom stereocenters. The van der Waals surface area contributed by atoms with Crippen molar-refractivity contribution in [1.29, 1.82) is 0 Å². The Labute approximate surface area is 127 Å². The van der Waals surface area contributed by atoms with Gasteiger partial charge in [0, 0.05) is 30.7 Å². The Morgan fingerprint density at radius 3 is 2.90 bits per heavy atom. The highest BCUT2D eigenvalue weighted by Crippen LogP contribution is 2.35. The van der Waals surface area contributed by atoms with Crippen molar-refractivity contribution in [3.8, 4) is 0 Å². The average Bonchev–Trinajstić information content (AvgIpc) is 2.86. The smallest absolute Gasteiger partial charge is 0.347 e. The zero-order valence-electron chi connectivity index (χ0n) is 12.4. The molecule has 2 rings (SSSR count). The van der Waals surface area contributed by atoms with Crippen molar-refractivity contribution in [2.45, 2.75) is 39.4 Å². The van der Waals surface area contributed by atoms with Crippen LogP contribution in [0.5, 0.6) is 0 Å². The minimum Gasteiger partial charge on any atom is -0.347 e. The molecule has 1 N–H and O–H groups in total. The maximum Gasteiger partial charge on any atom is 0.393 e. The zero-order chi connectivity index (χ0) is 15.5. The number of aromatic nitrogens is 1. The van der Waals surface area contributed by atoms with Crippen LogP contribution < -0.4 is 10.2 Å². The molecule has 1 fully saturated rings. The molecule has 3 nitrogen and oxygen atoms in total. The van der Waals surface area contributed by atoms with E-state index in [2.05, 4.69) is 24.1 Å². The van der Waals surface area contributed by atoms with E-state index in [1.54, 1.807) is 11.1 Å². The molecular weight excluding hydrogens is 299 g/mol. The van der Waals surface area contributed by atoms with Gasteiger partial charge in [0.05, 0.1) is 5.92 Å². The lowest BCUT2D eigenvalue weighted by Gasteiger charge is -2.33. The van der Waals surface area contributed by atoms with E-state index in [1.807, 2.05) is 0 Å². The predicted octanol–water partition coefficient (Wildman–Crippen LogP) is 3.67. The molecule has 7 heteroatoms. The van der Waals surface area contributed by atoms with Gasteiger partial charge >= 0.3 is 6.18 Å². The lowest BCUT2D eigenvalue weighted by molar-refractivity contribution is -0.175. The van der Waals surface area contributed by atoms with Crippen molar-refractivity contribution < 1.29 is 13.2 Å². The zero-order valence-corrected chi connectivity index (χ0v) is 13.2. The molecular formula is C14H22F3N3S. The number of piperidine rings is 1. The maximum atomic E-state index is 12.8. The van der Waals surface area contributed by atoms with Crippen molar-refractivity contribution in [1.82, 2.24) is 10.3 Å². The molecule has 0 radical (unpaired) electrons. The van der Waals surface area contributed by atoms with Crippen LogP contribution in [0.15, 0.2) is 6.20 Å². The predicted molar refractivity (Wildman–Crippen MR) is 79.7 cm³/mol. The molecule has 1 aliphatic heterocycles. The summed E-state index contributed by atoms with van der Waals surface area (Å²) in [6, 6.07) is 0. The van der Waals surface area contributed by atoms with Crippen LogP contribution in [0, 0.1) is 11.8 Å². The third kappa shape index (κ3) is 4.85. The number of nitrogens with one attached hydrogen (secondary N) is 1. The van der Waals surface area contributed by atoms with Gasteiger partial charge in [0.2, 0.25) is 0 Å². The summed E-state index contributed by atoms with van der Waals surface area (Å²) in [5.74, 6) is -0.648. The van der Waals surface area contributed by atoms with Gasteiger partial charge in [-0.1, -0.05) is 13.8 Å². The fraction of sp³-hybridized carbons (Fsp3) is 0.786. The summed E-state index contributed by atoms with van der Waals surface area (Å²) < 4.78 is 38.5. The Morgan fingerprint density at radius 1 is 1.48 bits per heavy atom. The molecule has 0 spiro atoms. The Morgan fingerprint density at radius 2 is 2.24 bits per heavy atom. The summed E-state index contributed by atoms with van der Waals surface area (Å²) in [5, 5.41) is 4.04. The van der Waals surface area contributed by atoms with Gasteiger partial charge in [0.15, 0.2) is 5.13 Å². The van der Waals surface area contributed by atoms with Crippen molar-refractivity contribution in [3.63, 3.8) is 0 Å². The third-order valence-corrected chi connectivity index (χ3v) is 4.61. The van der Waals surface area contributed by atoms with Crippen LogP contribution in [0.1, 0.15) is 31.6 Å². The van der Waals surface area contributed by atoms with E-state index in [4.69, 9.17) is 0 Å². The summed E-state index contributed by atoms with van der Waals surface area (Å²) in [6.45, 7) is 6.63. The normalized spacial score (nSPS) is 20.3. The van der Waals surface area contributed by atoms with Gasteiger partial charge in [0.25, 0.3) is 0 Å². The molecule has 0 bridgehead atoms. The van der Waals surface area contributed by atoms with Crippen LogP contribution in [0.25, 0.3) is 0 Å². The van der Waals surface area contributed by atoms with Crippen molar-refractivity contribution in [2.24, 2.45) is 11.8 Å². The van der Waals surface area contributed by atoms with Crippen LogP contribution >= 0.6 is 11.3 Å². The molecule has 0 aromatic carbocycles. The number of thiazole rings is 1. The van der Waals surface area contributed by atoms with Crippen LogP contribution in [0.2, 0.25) is 0 Å². The standard InChI is InChI=1S/C14H22F3N3S/c1-10(2)6-18-7-12-8-19-13(21-12)20-5-3-4-11(9-20)14(15,16)17/h8,10-11,18H,3-7,9H2,1-2H3. The minimum absolute atomic E-state index is 0.0376. The van der Waals surface area contributed by atoms with Gasteiger partial charge in [-0.15, -0.1) is 11.3 Å². The van der Waals surface area contributed by atoms with Crippen molar-refractivity contribution in [2.75, 3.05) is 24.5 Å². The molecule has 120 valence electrons. The van der Waals surface area contributed by atoms with E-state index in [0.29, 0.717) is 24.0 Å². The van der Waals surface area contributed by atoms with Gasteiger partial charge in [-0.05, 0) is 25.3 Å². The number of rotatable bonds is 5. The molecule has 1 unspecified atom stereocenters. The van der Waals surface area contributed by atoms with E-state index < -0.39 is 12.1 Å². The van der Waals surface area contributed by atoms with Crippen molar-refractivity contribution >= 4 is 16.5 Å². The fourth-order valence-corrected chi connectivity index (χ4v) is 3.34. The van der Waals surface area contributed by atoms with Crippen LogP contribution in [-0.2, 0) is 6.54 Å². The Balaban J connectivity index is 1.91. The molecule has 0 amide bonds. The second-order valence-electron chi connectivity index (χ2n) is 5.96. The number of hydrogen-bond acceptors (Lipinski definition) is 4. The van der Waals surface area contributed by atoms with Gasteiger partial charge in [-0.25, -0.2) is 4.98 Å². The summed E-state index contributed by atoms with van der Waals surface area (Å²) in [6.07, 6.45) is -1.53. The highest BCUT2D eigenvalue weighted by molar-refractivity contribution is 7.15. The number of anilines is 1. The number of hydrogen-bond donors (Lipinski definition) is 1. The SMILES string of the molecule is CC(C)CNCc1cnc(N2CCCC(C(F)(F)F)C2)s1. The number of nitrogens with zero attached hydrogens (tertiary/aromatic N) is 2. The van der Waals surface area contributed by atoms with Gasteiger partial charge in [-0.3, -0.25) is 0 Å². The number of halogens is 3. The molecule has 0 saturated carbocycles. The highest BCUT2D eigenvalue weighted by atomic mass is 32.1. The Hall–Kier alpha value is -0.820. The fourth-order valence-electron chi connectivity index (χ4n) is 2.43. The molecule has 21 heavy (non-hydrogen) atoms. The Bertz CT molecular complexity index is 445. The summed E-state index contributed by atoms with van der Waals surface area (Å²) in [5.41, 5.74) is 0. The van der Waals surface area contributed by atoms with Crippen LogP contribution in [-0.4, -0.2) is 30.8 Å². The van der Waals surface area contributed by atoms with E-state index in [1.165, 1.54) is 11.3 Å². The second-order valence-corrected chi connectivity index (χ2v) is 7.05. The molecule has 1 aromatic rings. The minimum atomic E-state index is -4.10. The summed E-state index contributed by atoms with van der Waals surface area (Å²) >= 11 is 1.49. The topological polar surface area (TPSA) is 28.2 Å². The first-order valence-electron chi connectivity index (χ1n) is 7.33. The molecule has 2 heterocycles. The van der Waals surface area contributed by atoms with Crippen LogP contribution in [0.4, 0.5) is 18.3 Å². The highest BCUT2D eigenvalue weighted by Gasteiger charge is 2.42. The quantitative estimate of drug-likeness (QED) is 0.897. The van der Waals surface area contributed by atoms with Gasteiger partial charge in [0.1, 0.15) is 0 Å². The first-order valence-corrected chi connectivity index (χ1v) is 8.15. The lowest BCUT2D eigenvalue weighted by Crippen LogP contribution is -2.41. The van der Waals surface area contributed by atoms with E-state index >= 15 is 0 Å². The molecule has 0 aliphatic carbocycles. The number of alkyl halides is 3. The maximum absolute atomic E-state index is 12.8. The molecule has 1 saturated heterocycles. The molecule has 1 aliphatic rings. The summed E-state index contributed by atoms with van der Waals surface area (Å²) in [4.78, 5) is 7.14. The third-order valence-electron chi connectivity index (χ3n) is 3.55. The largest absolute Gasteiger partial charge is 0.393 e. The van der Waals surface area contributed by atoms with E-state index in [9.17, 15) is 13.2 Å². The van der Waals surface area contributed by atoms with Crippen LogP contribution in [0.3, 0.4) is 0 Å². The Kier molecular flexibility index (Phi) is 5.48. The van der Waals surface area contributed by atoms with E-state index in [-0.39, 0.29) is 13.0 Å². The second kappa shape index (κ2) is 6.96. The van der Waals surface area contributed by atoms with Crippen molar-refractivity contribution in [3.05, 3.63) is 11.1 Å². The first-order chi connectivity index (χ1) is 9.86. The van der Waals surface area contributed by atoms with Gasteiger partial charge < -0.3 is 10.2 Å². The summed E-state index contributed by atoms with van der Waals surface area (Å²) in [7, 11) is 0. The average molecular weight is 321 g/mol. The lowest BCUT2D eigenvalue weighted by atomic mass is 9.98. The van der Waals surface area contributed by atoms with E-state index in [0.717, 1.165) is 18.0 Å². The monoisotopic (exact) mass is 321 g/mol.